The number of alkyl halides is 2. The topological polar surface area (TPSA) is 76.7 Å². The highest BCUT2D eigenvalue weighted by Gasteiger charge is 2.14. The minimum Gasteiger partial charge on any atom is -0.497 e. The normalized spacial score (nSPS) is 11.9. The van der Waals surface area contributed by atoms with Crippen LogP contribution < -0.4 is 20.1 Å². The zero-order chi connectivity index (χ0) is 21.2. The molecule has 0 saturated heterocycles. The highest BCUT2D eigenvalue weighted by atomic mass is 19.3. The van der Waals surface area contributed by atoms with Crippen molar-refractivity contribution in [2.45, 2.75) is 26.1 Å². The number of halogens is 2. The lowest BCUT2D eigenvalue weighted by Gasteiger charge is -2.13. The van der Waals surface area contributed by atoms with Gasteiger partial charge >= 0.3 is 6.61 Å². The summed E-state index contributed by atoms with van der Waals surface area (Å²) >= 11 is 0. The third-order valence-electron chi connectivity index (χ3n) is 3.89. The van der Waals surface area contributed by atoms with E-state index in [9.17, 15) is 18.4 Å². The molecule has 29 heavy (non-hydrogen) atoms. The molecular formula is C21H22F2N2O4. The quantitative estimate of drug-likeness (QED) is 0.630. The highest BCUT2D eigenvalue weighted by molar-refractivity contribution is 5.95. The molecule has 0 aliphatic carbocycles. The standard InChI is InChI=1S/C21H22F2N2O4/c1-14(25-19(26)11-8-15-6-9-17(28-2)10-7-15)20(27)24-13-16-4-3-5-18(12-16)29-21(22)23/h3-12,14,21H,13H2,1-2H3,(H,24,27)(H,25,26)/b11-8+. The molecule has 1 unspecified atom stereocenters. The van der Waals surface area contributed by atoms with E-state index in [-0.39, 0.29) is 12.3 Å². The Hall–Kier alpha value is -3.42. The molecule has 154 valence electrons. The van der Waals surface area contributed by atoms with Gasteiger partial charge < -0.3 is 20.1 Å². The first kappa shape index (κ1) is 21.9. The summed E-state index contributed by atoms with van der Waals surface area (Å²) in [4.78, 5) is 24.1. The first-order chi connectivity index (χ1) is 13.9. The van der Waals surface area contributed by atoms with Gasteiger partial charge in [0, 0.05) is 12.6 Å². The van der Waals surface area contributed by atoms with E-state index in [2.05, 4.69) is 15.4 Å². The van der Waals surface area contributed by atoms with E-state index in [4.69, 9.17) is 4.74 Å². The number of ether oxygens (including phenoxy) is 2. The van der Waals surface area contributed by atoms with Gasteiger partial charge in [0.05, 0.1) is 7.11 Å². The van der Waals surface area contributed by atoms with Crippen LogP contribution in [-0.4, -0.2) is 31.6 Å². The van der Waals surface area contributed by atoms with E-state index in [1.807, 2.05) is 0 Å². The Morgan fingerprint density at radius 2 is 1.83 bits per heavy atom. The largest absolute Gasteiger partial charge is 0.497 e. The van der Waals surface area contributed by atoms with Crippen LogP contribution in [0.5, 0.6) is 11.5 Å². The van der Waals surface area contributed by atoms with Crippen LogP contribution in [-0.2, 0) is 16.1 Å². The Morgan fingerprint density at radius 3 is 2.48 bits per heavy atom. The van der Waals surface area contributed by atoms with Gasteiger partial charge in [-0.2, -0.15) is 8.78 Å². The Labute approximate surface area is 167 Å². The van der Waals surface area contributed by atoms with Crippen molar-refractivity contribution in [1.29, 1.82) is 0 Å². The number of carbonyl (C=O) groups excluding carboxylic acids is 2. The summed E-state index contributed by atoms with van der Waals surface area (Å²) in [6, 6.07) is 12.4. The Balaban J connectivity index is 1.81. The maximum absolute atomic E-state index is 12.3. The van der Waals surface area contributed by atoms with E-state index in [0.29, 0.717) is 11.3 Å². The predicted octanol–water partition coefficient (Wildman–Crippen LogP) is 3.13. The van der Waals surface area contributed by atoms with Crippen LogP contribution in [0.3, 0.4) is 0 Å². The van der Waals surface area contributed by atoms with E-state index < -0.39 is 24.5 Å². The molecule has 6 nitrogen and oxygen atoms in total. The van der Waals surface area contributed by atoms with Crippen LogP contribution in [0, 0.1) is 0 Å². The summed E-state index contributed by atoms with van der Waals surface area (Å²) in [6.07, 6.45) is 2.95. The van der Waals surface area contributed by atoms with E-state index in [1.165, 1.54) is 18.2 Å². The van der Waals surface area contributed by atoms with Gasteiger partial charge in [0.25, 0.3) is 0 Å². The molecule has 0 spiro atoms. The molecule has 2 aromatic carbocycles. The van der Waals surface area contributed by atoms with Crippen molar-refractivity contribution in [2.75, 3.05) is 7.11 Å². The zero-order valence-electron chi connectivity index (χ0n) is 16.0. The summed E-state index contributed by atoms with van der Waals surface area (Å²) in [6.45, 7) is -1.26. The Bertz CT molecular complexity index is 854. The predicted molar refractivity (Wildman–Crippen MR) is 105 cm³/mol. The SMILES string of the molecule is COc1ccc(/C=C/C(=O)NC(C)C(=O)NCc2cccc(OC(F)F)c2)cc1. The fourth-order valence-corrected chi connectivity index (χ4v) is 2.39. The maximum atomic E-state index is 12.3. The molecule has 2 aromatic rings. The lowest BCUT2D eigenvalue weighted by molar-refractivity contribution is -0.126. The van der Waals surface area contributed by atoms with Crippen LogP contribution in [0.25, 0.3) is 6.08 Å². The smallest absolute Gasteiger partial charge is 0.387 e. The fraction of sp³-hybridized carbons (Fsp3) is 0.238. The monoisotopic (exact) mass is 404 g/mol. The summed E-state index contributed by atoms with van der Waals surface area (Å²) in [5.41, 5.74) is 1.40. The molecule has 2 N–H and O–H groups in total. The molecule has 2 amide bonds. The van der Waals surface area contributed by atoms with Gasteiger partial charge in [-0.3, -0.25) is 9.59 Å². The van der Waals surface area contributed by atoms with Gasteiger partial charge in [-0.25, -0.2) is 0 Å². The summed E-state index contributed by atoms with van der Waals surface area (Å²) in [5.74, 6) is -0.104. The summed E-state index contributed by atoms with van der Waals surface area (Å²) in [5, 5.41) is 5.20. The van der Waals surface area contributed by atoms with Crippen molar-refractivity contribution < 1.29 is 27.8 Å². The van der Waals surface area contributed by atoms with Gasteiger partial charge in [-0.15, -0.1) is 0 Å². The number of carbonyl (C=O) groups is 2. The number of nitrogens with one attached hydrogen (secondary N) is 2. The maximum Gasteiger partial charge on any atom is 0.387 e. The molecule has 8 heteroatoms. The molecule has 0 heterocycles. The van der Waals surface area contributed by atoms with Crippen LogP contribution in [0.15, 0.2) is 54.6 Å². The van der Waals surface area contributed by atoms with E-state index in [1.54, 1.807) is 56.5 Å². The van der Waals surface area contributed by atoms with E-state index >= 15 is 0 Å². The fourth-order valence-electron chi connectivity index (χ4n) is 2.39. The minimum atomic E-state index is -2.92. The number of rotatable bonds is 9. The van der Waals surface area contributed by atoms with Crippen LogP contribution >= 0.6 is 0 Å². The number of hydrogen-bond donors (Lipinski definition) is 2. The number of benzene rings is 2. The third-order valence-corrected chi connectivity index (χ3v) is 3.89. The van der Waals surface area contributed by atoms with Gasteiger partial charge in [-0.1, -0.05) is 24.3 Å². The first-order valence-corrected chi connectivity index (χ1v) is 8.81. The first-order valence-electron chi connectivity index (χ1n) is 8.81. The average molecular weight is 404 g/mol. The highest BCUT2D eigenvalue weighted by Crippen LogP contribution is 2.16. The molecule has 2 rings (SSSR count). The van der Waals surface area contributed by atoms with Crippen molar-refractivity contribution in [2.24, 2.45) is 0 Å². The number of hydrogen-bond acceptors (Lipinski definition) is 4. The second kappa shape index (κ2) is 10.8. The molecule has 0 aromatic heterocycles. The molecule has 0 fully saturated rings. The van der Waals surface area contributed by atoms with Crippen molar-refractivity contribution in [3.05, 3.63) is 65.7 Å². The molecule has 0 radical (unpaired) electrons. The Morgan fingerprint density at radius 1 is 1.10 bits per heavy atom. The van der Waals surface area contributed by atoms with E-state index in [0.717, 1.165) is 5.56 Å². The van der Waals surface area contributed by atoms with Gasteiger partial charge in [-0.05, 0) is 48.4 Å². The second-order valence-electron chi connectivity index (χ2n) is 6.08. The molecule has 0 aliphatic rings. The lowest BCUT2D eigenvalue weighted by Crippen LogP contribution is -2.44. The number of methoxy groups -OCH3 is 1. The summed E-state index contributed by atoms with van der Waals surface area (Å²) in [7, 11) is 1.57. The molecule has 0 aliphatic heterocycles. The average Bonchev–Trinajstić information content (AvgIpc) is 2.70. The second-order valence-corrected chi connectivity index (χ2v) is 6.08. The lowest BCUT2D eigenvalue weighted by atomic mass is 10.2. The van der Waals surface area contributed by atoms with Crippen LogP contribution in [0.2, 0.25) is 0 Å². The van der Waals surface area contributed by atoms with Gasteiger partial charge in [0.15, 0.2) is 0 Å². The minimum absolute atomic E-state index is 0.0109. The third kappa shape index (κ3) is 7.61. The van der Waals surface area contributed by atoms with Crippen LogP contribution in [0.1, 0.15) is 18.1 Å². The molecular weight excluding hydrogens is 382 g/mol. The van der Waals surface area contributed by atoms with Crippen molar-refractivity contribution in [3.8, 4) is 11.5 Å². The van der Waals surface area contributed by atoms with Gasteiger partial charge in [0.1, 0.15) is 17.5 Å². The number of amides is 2. The van der Waals surface area contributed by atoms with Crippen LogP contribution in [0.4, 0.5) is 8.78 Å². The summed E-state index contributed by atoms with van der Waals surface area (Å²) < 4.78 is 33.9. The zero-order valence-corrected chi connectivity index (χ0v) is 16.0. The van der Waals surface area contributed by atoms with Crippen molar-refractivity contribution in [3.63, 3.8) is 0 Å². The van der Waals surface area contributed by atoms with Crippen molar-refractivity contribution >= 4 is 17.9 Å². The Kier molecular flexibility index (Phi) is 8.14. The van der Waals surface area contributed by atoms with Crippen molar-refractivity contribution in [1.82, 2.24) is 10.6 Å². The van der Waals surface area contributed by atoms with Gasteiger partial charge in [0.2, 0.25) is 11.8 Å². The molecule has 1 atom stereocenters. The molecule has 0 saturated carbocycles. The molecule has 0 bridgehead atoms.